The number of hydrogen-bond donors (Lipinski definition) is 3. The summed E-state index contributed by atoms with van der Waals surface area (Å²) in [5.74, 6) is 1.16. The first kappa shape index (κ1) is 65.0. The number of anilines is 2. The van der Waals surface area contributed by atoms with Crippen LogP contribution >= 0.6 is 0 Å². The quantitative estimate of drug-likeness (QED) is 0.149. The Labute approximate surface area is 431 Å². The summed E-state index contributed by atoms with van der Waals surface area (Å²) in [4.78, 5) is 2.47. The Kier molecular flexibility index (Phi) is 29.2. The van der Waals surface area contributed by atoms with E-state index in [4.69, 9.17) is 0 Å². The molecule has 0 spiro atoms. The molecule has 70 heavy (non-hydrogen) atoms. The van der Waals surface area contributed by atoms with Gasteiger partial charge in [0.05, 0.1) is 0 Å². The van der Waals surface area contributed by atoms with Crippen LogP contribution in [0.25, 0.3) is 32.7 Å². The van der Waals surface area contributed by atoms with Crippen LogP contribution in [0, 0.1) is 13.8 Å². The Bertz CT molecular complexity index is 2310. The van der Waals surface area contributed by atoms with Crippen molar-refractivity contribution in [3.63, 3.8) is 0 Å². The van der Waals surface area contributed by atoms with Gasteiger partial charge in [-0.1, -0.05) is 249 Å². The minimum absolute atomic E-state index is 0.0252. The first-order valence-electron chi connectivity index (χ1n) is 26.9. The van der Waals surface area contributed by atoms with E-state index < -0.39 is 0 Å². The van der Waals surface area contributed by atoms with Crippen LogP contribution in [-0.2, 0) is 16.2 Å². The monoisotopic (exact) mass is 957 g/mol. The van der Waals surface area contributed by atoms with E-state index in [2.05, 4.69) is 175 Å². The van der Waals surface area contributed by atoms with Crippen LogP contribution < -0.4 is 10.2 Å². The summed E-state index contributed by atoms with van der Waals surface area (Å²) in [6.07, 6.45) is 6.53. The Balaban J connectivity index is 0.00000108. The molecule has 390 valence electrons. The van der Waals surface area contributed by atoms with Crippen molar-refractivity contribution in [2.24, 2.45) is 0 Å². The highest BCUT2D eigenvalue weighted by Crippen LogP contribution is 2.51. The molecule has 0 saturated heterocycles. The van der Waals surface area contributed by atoms with E-state index >= 15 is 0 Å². The van der Waals surface area contributed by atoms with Crippen LogP contribution in [0.2, 0.25) is 0 Å². The topological polar surface area (TPSA) is 55.7 Å². The predicted octanol–water partition coefficient (Wildman–Crippen LogP) is 20.6. The van der Waals surface area contributed by atoms with Crippen molar-refractivity contribution in [2.45, 2.75) is 207 Å². The number of benzene rings is 6. The lowest BCUT2D eigenvalue weighted by atomic mass is 9.72. The lowest BCUT2D eigenvalue weighted by molar-refractivity contribution is 0.481. The molecule has 0 fully saturated rings. The summed E-state index contributed by atoms with van der Waals surface area (Å²) >= 11 is 0. The van der Waals surface area contributed by atoms with Gasteiger partial charge in [0, 0.05) is 53.9 Å². The van der Waals surface area contributed by atoms with E-state index in [1.165, 1.54) is 88.0 Å². The minimum atomic E-state index is 0.0252. The second-order valence-corrected chi connectivity index (χ2v) is 21.6. The summed E-state index contributed by atoms with van der Waals surface area (Å²) in [7, 11) is 4.36. The number of nitrogens with zero attached hydrogens (tertiary/aromatic N) is 1. The lowest BCUT2D eigenvalue weighted by Gasteiger charge is -2.37. The van der Waals surface area contributed by atoms with Gasteiger partial charge in [-0.2, -0.15) is 0 Å². The highest BCUT2D eigenvalue weighted by Gasteiger charge is 2.33. The van der Waals surface area contributed by atoms with Crippen LogP contribution in [0.15, 0.2) is 97.1 Å². The molecule has 0 radical (unpaired) electrons. The molecule has 6 rings (SSSR count). The molecule has 0 unspecified atom stereocenters. The summed E-state index contributed by atoms with van der Waals surface area (Å²) in [6.45, 7) is 50.7. The van der Waals surface area contributed by atoms with E-state index in [-0.39, 0.29) is 16.2 Å². The average Bonchev–Trinajstić information content (AvgIpc) is 3.31. The van der Waals surface area contributed by atoms with E-state index in [1.54, 1.807) is 12.1 Å². The molecule has 4 nitrogen and oxygen atoms in total. The molecular weight excluding hydrogens is 853 g/mol. The van der Waals surface area contributed by atoms with Gasteiger partial charge in [-0.25, -0.2) is 0 Å². The standard InChI is InChI=1S/C33H54N2.2C10H8O.2C4H10.C3H8.C2H6/c1-17-35(16)30-26(33(12,13)14)19-24(31(6,7)8)22(5)28(30)27-21(4)23(20(2)3)18-25(29(27)34-15)32(9,10)11;2*11-10-7-3-5-8-4-1-2-6-9(8)10;2*1-3-4-2;1-3-2;1-2/h18-20,34H,17H2,1-16H3;2*1-7,11H;2*3-4H2,1-2H3;3H2,1-2H3;1-2H3. The van der Waals surface area contributed by atoms with Crippen LogP contribution in [0.1, 0.15) is 210 Å². The van der Waals surface area contributed by atoms with Crippen molar-refractivity contribution in [1.82, 2.24) is 0 Å². The lowest BCUT2D eigenvalue weighted by Crippen LogP contribution is -2.26. The molecule has 3 N–H and O–H groups in total. The summed E-state index contributed by atoms with van der Waals surface area (Å²) in [5.41, 5.74) is 14.1. The number of hydrogen-bond acceptors (Lipinski definition) is 4. The Morgan fingerprint density at radius 3 is 1.20 bits per heavy atom. The molecule has 0 saturated carbocycles. The van der Waals surface area contributed by atoms with Crippen molar-refractivity contribution in [2.75, 3.05) is 30.9 Å². The summed E-state index contributed by atoms with van der Waals surface area (Å²) < 4.78 is 0. The zero-order valence-corrected chi connectivity index (χ0v) is 49.4. The van der Waals surface area contributed by atoms with E-state index in [0.717, 1.165) is 28.1 Å². The van der Waals surface area contributed by atoms with Crippen molar-refractivity contribution in [3.05, 3.63) is 130 Å². The SMILES string of the molecule is CC.CCC.CCCC.CCCC.CCN(C)c1c(C(C)(C)C)cc(C(C)(C)C)c(C)c1-c1c(C)c(C(C)C)cc(C(C)(C)C)c1NC.Oc1cccc2ccccc12.Oc1cccc2ccccc12. The molecule has 0 aliphatic heterocycles. The number of fused-ring (bicyclic) bond motifs is 2. The molecule has 0 aliphatic rings. The van der Waals surface area contributed by atoms with Crippen LogP contribution in [0.3, 0.4) is 0 Å². The first-order valence-corrected chi connectivity index (χ1v) is 26.9. The number of rotatable bonds is 7. The molecule has 0 aromatic heterocycles. The fraction of sp³-hybridized carbons (Fsp3) is 0.515. The Morgan fingerprint density at radius 1 is 0.514 bits per heavy atom. The fourth-order valence-corrected chi connectivity index (χ4v) is 7.96. The van der Waals surface area contributed by atoms with Gasteiger partial charge >= 0.3 is 0 Å². The summed E-state index contributed by atoms with van der Waals surface area (Å²) in [5, 5.41) is 26.4. The summed E-state index contributed by atoms with van der Waals surface area (Å²) in [6, 6.07) is 31.6. The molecule has 0 heterocycles. The zero-order chi connectivity index (χ0) is 54.2. The molecule has 6 aromatic rings. The van der Waals surface area contributed by atoms with Gasteiger partial charge in [-0.3, -0.25) is 0 Å². The van der Waals surface area contributed by atoms with Crippen molar-refractivity contribution >= 4 is 32.9 Å². The maximum absolute atomic E-state index is 9.37. The molecule has 0 atom stereocenters. The average molecular weight is 958 g/mol. The number of phenolic OH excluding ortho intramolecular Hbond substituents is 2. The fourth-order valence-electron chi connectivity index (χ4n) is 7.96. The Hall–Kier alpha value is -4.96. The number of aromatic hydroxyl groups is 2. The van der Waals surface area contributed by atoms with Crippen molar-refractivity contribution in [3.8, 4) is 22.6 Å². The third kappa shape index (κ3) is 19.0. The third-order valence-electron chi connectivity index (χ3n) is 12.1. The van der Waals surface area contributed by atoms with Gasteiger partial charge in [0.1, 0.15) is 11.5 Å². The van der Waals surface area contributed by atoms with E-state index in [9.17, 15) is 10.2 Å². The molecule has 0 aliphatic carbocycles. The predicted molar refractivity (Wildman–Crippen MR) is 320 cm³/mol. The highest BCUT2D eigenvalue weighted by atomic mass is 16.3. The number of phenols is 2. The number of unbranched alkanes of at least 4 members (excludes halogenated alkanes) is 2. The maximum Gasteiger partial charge on any atom is 0.123 e. The third-order valence-corrected chi connectivity index (χ3v) is 12.1. The van der Waals surface area contributed by atoms with Gasteiger partial charge in [-0.15, -0.1) is 0 Å². The van der Waals surface area contributed by atoms with Gasteiger partial charge in [-0.05, 0) is 99.2 Å². The zero-order valence-electron chi connectivity index (χ0n) is 49.4. The molecule has 0 amide bonds. The minimum Gasteiger partial charge on any atom is -0.507 e. The van der Waals surface area contributed by atoms with Crippen molar-refractivity contribution < 1.29 is 10.2 Å². The van der Waals surface area contributed by atoms with Crippen LogP contribution in [-0.4, -0.2) is 30.9 Å². The highest BCUT2D eigenvalue weighted by molar-refractivity contribution is 5.95. The van der Waals surface area contributed by atoms with Crippen molar-refractivity contribution in [1.29, 1.82) is 0 Å². The van der Waals surface area contributed by atoms with Gasteiger partial charge < -0.3 is 20.4 Å². The number of nitrogens with one attached hydrogen (secondary N) is 1. The first-order chi connectivity index (χ1) is 32.8. The van der Waals surface area contributed by atoms with E-state index in [1.807, 2.05) is 86.6 Å². The molecule has 4 heteroatoms. The van der Waals surface area contributed by atoms with E-state index in [0.29, 0.717) is 17.4 Å². The normalized spacial score (nSPS) is 10.9. The molecule has 6 aromatic carbocycles. The van der Waals surface area contributed by atoms with Gasteiger partial charge in [0.2, 0.25) is 0 Å². The second kappa shape index (κ2) is 31.4. The maximum atomic E-state index is 9.37. The molecule has 0 bridgehead atoms. The van der Waals surface area contributed by atoms with Crippen LogP contribution in [0.4, 0.5) is 11.4 Å². The van der Waals surface area contributed by atoms with Gasteiger partial charge in [0.25, 0.3) is 0 Å². The Morgan fingerprint density at radius 2 is 0.886 bits per heavy atom. The van der Waals surface area contributed by atoms with Gasteiger partial charge in [0.15, 0.2) is 0 Å². The molecular formula is C66H104N2O2. The largest absolute Gasteiger partial charge is 0.507 e. The second-order valence-electron chi connectivity index (χ2n) is 21.6. The smallest absolute Gasteiger partial charge is 0.123 e. The van der Waals surface area contributed by atoms with Crippen LogP contribution in [0.5, 0.6) is 11.5 Å².